The highest BCUT2D eigenvalue weighted by atomic mass is 35.5. The lowest BCUT2D eigenvalue weighted by Crippen LogP contribution is -2.49. The van der Waals surface area contributed by atoms with Gasteiger partial charge in [0.25, 0.3) is 11.8 Å². The first kappa shape index (κ1) is 26.2. The van der Waals surface area contributed by atoms with Crippen LogP contribution < -0.4 is 15.5 Å². The Morgan fingerprint density at radius 1 is 0.861 bits per heavy atom. The van der Waals surface area contributed by atoms with Crippen molar-refractivity contribution in [2.45, 2.75) is 0 Å². The van der Waals surface area contributed by atoms with E-state index < -0.39 is 11.7 Å². The van der Waals surface area contributed by atoms with Crippen molar-refractivity contribution in [2.24, 2.45) is 0 Å². The molecule has 36 heavy (non-hydrogen) atoms. The van der Waals surface area contributed by atoms with Gasteiger partial charge < -0.3 is 15.1 Å². The molecular formula is C25H20Cl3FN4O2S. The molecule has 3 aromatic rings. The summed E-state index contributed by atoms with van der Waals surface area (Å²) in [6.45, 7) is 1.83. The number of nitrogens with zero attached hydrogens (tertiary/aromatic N) is 2. The van der Waals surface area contributed by atoms with Crippen LogP contribution in [0.25, 0.3) is 0 Å². The monoisotopic (exact) mass is 564 g/mol. The summed E-state index contributed by atoms with van der Waals surface area (Å²) in [7, 11) is 0. The van der Waals surface area contributed by atoms with Crippen molar-refractivity contribution in [1.82, 2.24) is 10.2 Å². The van der Waals surface area contributed by atoms with Crippen LogP contribution in [0.5, 0.6) is 0 Å². The predicted octanol–water partition coefficient (Wildman–Crippen LogP) is 5.88. The third-order valence-corrected chi connectivity index (χ3v) is 6.62. The molecule has 0 saturated carbocycles. The van der Waals surface area contributed by atoms with Crippen LogP contribution in [0.3, 0.4) is 0 Å². The summed E-state index contributed by atoms with van der Waals surface area (Å²) >= 11 is 23.6. The molecule has 186 valence electrons. The first-order chi connectivity index (χ1) is 17.2. The van der Waals surface area contributed by atoms with Crippen LogP contribution in [0.4, 0.5) is 15.8 Å². The van der Waals surface area contributed by atoms with Crippen LogP contribution in [-0.2, 0) is 0 Å². The molecule has 1 heterocycles. The Bertz CT molecular complexity index is 1330. The first-order valence-electron chi connectivity index (χ1n) is 10.9. The Labute approximate surface area is 227 Å². The molecule has 0 bridgehead atoms. The van der Waals surface area contributed by atoms with Gasteiger partial charge in [0.15, 0.2) is 5.11 Å². The van der Waals surface area contributed by atoms with Crippen LogP contribution in [0.15, 0.2) is 60.7 Å². The lowest BCUT2D eigenvalue weighted by Gasteiger charge is -2.37. The number of piperazine rings is 1. The maximum atomic E-state index is 14.1. The van der Waals surface area contributed by atoms with Crippen molar-refractivity contribution in [1.29, 1.82) is 0 Å². The second-order valence-electron chi connectivity index (χ2n) is 7.95. The van der Waals surface area contributed by atoms with E-state index in [4.69, 9.17) is 47.0 Å². The zero-order valence-corrected chi connectivity index (χ0v) is 21.8. The van der Waals surface area contributed by atoms with E-state index in [2.05, 4.69) is 15.5 Å². The number of carbonyl (C=O) groups excluding carboxylic acids is 2. The van der Waals surface area contributed by atoms with E-state index in [1.165, 1.54) is 24.3 Å². The number of thiocarbonyl (C=S) groups is 1. The number of nitrogens with one attached hydrogen (secondary N) is 2. The summed E-state index contributed by atoms with van der Waals surface area (Å²) in [6.07, 6.45) is 0. The number of anilines is 2. The lowest BCUT2D eigenvalue weighted by molar-refractivity contribution is 0.0742. The minimum atomic E-state index is -0.538. The molecule has 1 aliphatic heterocycles. The number of carbonyl (C=O) groups is 2. The fourth-order valence-electron chi connectivity index (χ4n) is 3.84. The van der Waals surface area contributed by atoms with E-state index in [1.807, 2.05) is 6.07 Å². The van der Waals surface area contributed by atoms with Crippen molar-refractivity contribution in [3.8, 4) is 0 Å². The molecular weight excluding hydrogens is 546 g/mol. The molecule has 0 spiro atoms. The van der Waals surface area contributed by atoms with Crippen molar-refractivity contribution >= 4 is 75.3 Å². The van der Waals surface area contributed by atoms with Crippen LogP contribution >= 0.6 is 47.0 Å². The smallest absolute Gasteiger partial charge is 0.258 e. The Kier molecular flexibility index (Phi) is 8.31. The van der Waals surface area contributed by atoms with Gasteiger partial charge in [0.2, 0.25) is 0 Å². The quantitative estimate of drug-likeness (QED) is 0.387. The maximum absolute atomic E-state index is 14.1. The Balaban J connectivity index is 1.43. The molecule has 1 saturated heterocycles. The molecule has 2 N–H and O–H groups in total. The van der Waals surface area contributed by atoms with E-state index in [1.54, 1.807) is 35.2 Å². The normalized spacial score (nSPS) is 13.3. The molecule has 4 rings (SSSR count). The van der Waals surface area contributed by atoms with E-state index in [0.29, 0.717) is 41.9 Å². The first-order valence-corrected chi connectivity index (χ1v) is 12.4. The van der Waals surface area contributed by atoms with Gasteiger partial charge in [-0.05, 0) is 60.7 Å². The summed E-state index contributed by atoms with van der Waals surface area (Å²) < 4.78 is 14.1. The molecule has 0 aromatic heterocycles. The molecule has 6 nitrogen and oxygen atoms in total. The van der Waals surface area contributed by atoms with Gasteiger partial charge in [-0.3, -0.25) is 14.9 Å². The van der Waals surface area contributed by atoms with E-state index in [-0.39, 0.29) is 27.2 Å². The Hall–Kier alpha value is -2.91. The summed E-state index contributed by atoms with van der Waals surface area (Å²) in [5, 5.41) is 6.75. The zero-order chi connectivity index (χ0) is 25.8. The second-order valence-corrected chi connectivity index (χ2v) is 9.64. The van der Waals surface area contributed by atoms with Gasteiger partial charge in [-0.1, -0.05) is 46.9 Å². The van der Waals surface area contributed by atoms with Gasteiger partial charge in [0.05, 0.1) is 27.5 Å². The zero-order valence-electron chi connectivity index (χ0n) is 18.7. The Morgan fingerprint density at radius 3 is 2.25 bits per heavy atom. The summed E-state index contributed by atoms with van der Waals surface area (Å²) in [5.41, 5.74) is 1.62. The summed E-state index contributed by atoms with van der Waals surface area (Å²) in [6, 6.07) is 15.8. The highest BCUT2D eigenvalue weighted by molar-refractivity contribution is 7.80. The molecule has 0 unspecified atom stereocenters. The maximum Gasteiger partial charge on any atom is 0.258 e. The minimum absolute atomic E-state index is 0.0490. The number of benzene rings is 3. The third kappa shape index (κ3) is 6.07. The van der Waals surface area contributed by atoms with Gasteiger partial charge in [0.1, 0.15) is 5.82 Å². The Morgan fingerprint density at radius 2 is 1.53 bits per heavy atom. The SMILES string of the molecule is O=C(NC(=S)Nc1cc(Cl)ccc1N1CCN(C(=O)c2ccccc2F)CC1)c1cc(Cl)ccc1Cl. The number of amides is 2. The standard InChI is InChI=1S/C25H20Cl3FN4O2S/c26-15-5-7-19(28)18(13-15)23(34)31-25(36)30-21-14-16(27)6-8-22(21)32-9-11-33(12-10-32)24(35)17-3-1-2-4-20(17)29/h1-8,13-14H,9-12H2,(H2,30,31,34,36). The number of hydrogen-bond donors (Lipinski definition) is 2. The van der Waals surface area contributed by atoms with E-state index >= 15 is 0 Å². The molecule has 0 radical (unpaired) electrons. The number of rotatable bonds is 4. The fourth-order valence-corrected chi connectivity index (χ4v) is 4.59. The highest BCUT2D eigenvalue weighted by Gasteiger charge is 2.25. The predicted molar refractivity (Wildman–Crippen MR) is 146 cm³/mol. The average Bonchev–Trinajstić information content (AvgIpc) is 2.85. The average molecular weight is 566 g/mol. The van der Waals surface area contributed by atoms with Gasteiger partial charge in [-0.25, -0.2) is 4.39 Å². The van der Waals surface area contributed by atoms with Crippen LogP contribution in [-0.4, -0.2) is 48.0 Å². The van der Waals surface area contributed by atoms with Crippen molar-refractivity contribution in [3.63, 3.8) is 0 Å². The second kappa shape index (κ2) is 11.4. The van der Waals surface area contributed by atoms with E-state index in [9.17, 15) is 14.0 Å². The van der Waals surface area contributed by atoms with Gasteiger partial charge in [-0.2, -0.15) is 0 Å². The molecule has 1 fully saturated rings. The van der Waals surface area contributed by atoms with Crippen molar-refractivity contribution in [3.05, 3.63) is 92.7 Å². The summed E-state index contributed by atoms with van der Waals surface area (Å²) in [5.74, 6) is -1.39. The summed E-state index contributed by atoms with van der Waals surface area (Å²) in [4.78, 5) is 29.1. The van der Waals surface area contributed by atoms with Crippen LogP contribution in [0, 0.1) is 5.82 Å². The molecule has 3 aromatic carbocycles. The highest BCUT2D eigenvalue weighted by Crippen LogP contribution is 2.30. The van der Waals surface area contributed by atoms with Crippen LogP contribution in [0.1, 0.15) is 20.7 Å². The fraction of sp³-hybridized carbons (Fsp3) is 0.160. The number of hydrogen-bond acceptors (Lipinski definition) is 4. The molecule has 2 amide bonds. The van der Waals surface area contributed by atoms with E-state index in [0.717, 1.165) is 5.69 Å². The third-order valence-electron chi connectivity index (χ3n) is 5.62. The van der Waals surface area contributed by atoms with Gasteiger partial charge in [0, 0.05) is 36.2 Å². The molecule has 11 heteroatoms. The van der Waals surface area contributed by atoms with Gasteiger partial charge >= 0.3 is 0 Å². The van der Waals surface area contributed by atoms with Crippen LogP contribution in [0.2, 0.25) is 15.1 Å². The van der Waals surface area contributed by atoms with Crippen molar-refractivity contribution < 1.29 is 14.0 Å². The number of halogens is 4. The molecule has 0 aliphatic carbocycles. The largest absolute Gasteiger partial charge is 0.366 e. The molecule has 1 aliphatic rings. The van der Waals surface area contributed by atoms with Crippen molar-refractivity contribution in [2.75, 3.05) is 36.4 Å². The van der Waals surface area contributed by atoms with Gasteiger partial charge in [-0.15, -0.1) is 0 Å². The molecule has 0 atom stereocenters. The topological polar surface area (TPSA) is 64.7 Å². The lowest BCUT2D eigenvalue weighted by atomic mass is 10.1. The minimum Gasteiger partial charge on any atom is -0.366 e.